The number of anilines is 1. The van der Waals surface area contributed by atoms with Gasteiger partial charge in [-0.25, -0.2) is 0 Å². The Balaban J connectivity index is 1.55. The average molecular weight is 370 g/mol. The molecule has 1 saturated heterocycles. The molecule has 27 heavy (non-hydrogen) atoms. The Morgan fingerprint density at radius 3 is 2.78 bits per heavy atom. The highest BCUT2D eigenvalue weighted by Gasteiger charge is 2.18. The van der Waals surface area contributed by atoms with Crippen LogP contribution in [0.15, 0.2) is 30.3 Å². The Bertz CT molecular complexity index is 794. The predicted molar refractivity (Wildman–Crippen MR) is 103 cm³/mol. The van der Waals surface area contributed by atoms with E-state index in [1.807, 2.05) is 4.90 Å². The summed E-state index contributed by atoms with van der Waals surface area (Å²) < 4.78 is 5.59. The van der Waals surface area contributed by atoms with Crippen molar-refractivity contribution in [3.05, 3.63) is 41.7 Å². The monoisotopic (exact) mass is 370 g/mol. The fourth-order valence-electron chi connectivity index (χ4n) is 3.08. The summed E-state index contributed by atoms with van der Waals surface area (Å²) in [6.07, 6.45) is 2.95. The molecule has 7 heteroatoms. The summed E-state index contributed by atoms with van der Waals surface area (Å²) in [5.41, 5.74) is 1.88. The summed E-state index contributed by atoms with van der Waals surface area (Å²) in [4.78, 5) is 26.3. The molecule has 1 aliphatic heterocycles. The van der Waals surface area contributed by atoms with Crippen LogP contribution in [-0.4, -0.2) is 46.6 Å². The number of nitrogens with one attached hydrogen (secondary N) is 2. The third-order valence-electron chi connectivity index (χ3n) is 4.40. The highest BCUT2D eigenvalue weighted by Crippen LogP contribution is 2.19. The van der Waals surface area contributed by atoms with Gasteiger partial charge in [0.15, 0.2) is 12.3 Å². The van der Waals surface area contributed by atoms with E-state index in [9.17, 15) is 9.59 Å². The molecule has 3 rings (SSSR count). The van der Waals surface area contributed by atoms with Crippen molar-refractivity contribution in [3.8, 4) is 5.75 Å². The number of benzene rings is 1. The van der Waals surface area contributed by atoms with Crippen LogP contribution in [-0.2, 0) is 11.2 Å². The van der Waals surface area contributed by atoms with Crippen molar-refractivity contribution in [2.75, 3.05) is 25.0 Å². The molecule has 2 amide bonds. The van der Waals surface area contributed by atoms with Gasteiger partial charge in [-0.05, 0) is 43.4 Å². The number of ether oxygens (including phenoxy) is 1. The average Bonchev–Trinajstić information content (AvgIpc) is 3.31. The molecular weight excluding hydrogens is 344 g/mol. The Morgan fingerprint density at radius 1 is 1.26 bits per heavy atom. The van der Waals surface area contributed by atoms with Crippen molar-refractivity contribution >= 4 is 17.5 Å². The topological polar surface area (TPSA) is 87.3 Å². The highest BCUT2D eigenvalue weighted by atomic mass is 16.5. The number of hydrogen-bond donors (Lipinski definition) is 2. The van der Waals surface area contributed by atoms with E-state index >= 15 is 0 Å². The number of carbonyl (C=O) groups excluding carboxylic acids is 2. The molecule has 0 aliphatic carbocycles. The zero-order valence-corrected chi connectivity index (χ0v) is 15.8. The van der Waals surface area contributed by atoms with Crippen LogP contribution in [0, 0.1) is 5.92 Å². The van der Waals surface area contributed by atoms with Gasteiger partial charge in [0, 0.05) is 30.5 Å². The maximum absolute atomic E-state index is 12.4. The predicted octanol–water partition coefficient (Wildman–Crippen LogP) is 2.86. The van der Waals surface area contributed by atoms with Gasteiger partial charge >= 0.3 is 0 Å². The molecule has 1 aromatic carbocycles. The van der Waals surface area contributed by atoms with Gasteiger partial charge in [-0.1, -0.05) is 19.9 Å². The number of rotatable bonds is 7. The standard InChI is InChI=1S/C20H26N4O3/c1-14(2)10-16-12-18(23-22-16)20(26)21-15-6-5-7-17(11-15)27-13-19(25)24-8-3-4-9-24/h5-7,11-12,14H,3-4,8-10,13H2,1-2H3,(H,21,26)(H,22,23). The summed E-state index contributed by atoms with van der Waals surface area (Å²) in [6.45, 7) is 5.85. The zero-order chi connectivity index (χ0) is 19.2. The van der Waals surface area contributed by atoms with Crippen molar-refractivity contribution in [2.45, 2.75) is 33.1 Å². The van der Waals surface area contributed by atoms with Crippen LogP contribution in [0.5, 0.6) is 5.75 Å². The minimum Gasteiger partial charge on any atom is -0.484 e. The van der Waals surface area contributed by atoms with E-state index in [0.717, 1.165) is 38.0 Å². The second-order valence-corrected chi connectivity index (χ2v) is 7.23. The summed E-state index contributed by atoms with van der Waals surface area (Å²) in [5, 5.41) is 9.78. The first kappa shape index (κ1) is 18.9. The fraction of sp³-hybridized carbons (Fsp3) is 0.450. The molecule has 0 atom stereocenters. The lowest BCUT2D eigenvalue weighted by Gasteiger charge is -2.15. The smallest absolute Gasteiger partial charge is 0.276 e. The number of H-pyrrole nitrogens is 1. The maximum atomic E-state index is 12.4. The zero-order valence-electron chi connectivity index (χ0n) is 15.8. The van der Waals surface area contributed by atoms with E-state index in [0.29, 0.717) is 23.0 Å². The van der Waals surface area contributed by atoms with Gasteiger partial charge in [-0.2, -0.15) is 5.10 Å². The van der Waals surface area contributed by atoms with Crippen molar-refractivity contribution in [3.63, 3.8) is 0 Å². The lowest BCUT2D eigenvalue weighted by Crippen LogP contribution is -2.32. The van der Waals surface area contributed by atoms with Crippen LogP contribution in [0.1, 0.15) is 42.9 Å². The van der Waals surface area contributed by atoms with E-state index in [-0.39, 0.29) is 18.4 Å². The molecule has 2 N–H and O–H groups in total. The van der Waals surface area contributed by atoms with Gasteiger partial charge in [0.1, 0.15) is 5.75 Å². The highest BCUT2D eigenvalue weighted by molar-refractivity contribution is 6.03. The molecule has 144 valence electrons. The Morgan fingerprint density at radius 2 is 2.04 bits per heavy atom. The van der Waals surface area contributed by atoms with Crippen LogP contribution in [0.3, 0.4) is 0 Å². The third-order valence-corrected chi connectivity index (χ3v) is 4.40. The molecule has 1 aliphatic rings. The Hall–Kier alpha value is -2.83. The Labute approximate surface area is 159 Å². The number of aromatic nitrogens is 2. The summed E-state index contributed by atoms with van der Waals surface area (Å²) in [5.74, 6) is 0.740. The normalized spacial score (nSPS) is 13.8. The van der Waals surface area contributed by atoms with Gasteiger partial charge in [0.25, 0.3) is 11.8 Å². The Kier molecular flexibility index (Phi) is 6.11. The molecule has 1 fully saturated rings. The van der Waals surface area contributed by atoms with Gasteiger partial charge < -0.3 is 15.0 Å². The second-order valence-electron chi connectivity index (χ2n) is 7.23. The van der Waals surface area contributed by atoms with Crippen molar-refractivity contribution in [1.29, 1.82) is 0 Å². The molecule has 0 spiro atoms. The lowest BCUT2D eigenvalue weighted by atomic mass is 10.1. The lowest BCUT2D eigenvalue weighted by molar-refractivity contribution is -0.132. The van der Waals surface area contributed by atoms with Gasteiger partial charge in [-0.15, -0.1) is 0 Å². The first-order chi connectivity index (χ1) is 13.0. The van der Waals surface area contributed by atoms with E-state index in [1.54, 1.807) is 30.3 Å². The van der Waals surface area contributed by atoms with Crippen LogP contribution < -0.4 is 10.1 Å². The second kappa shape index (κ2) is 8.70. The van der Waals surface area contributed by atoms with Crippen LogP contribution in [0.4, 0.5) is 5.69 Å². The summed E-state index contributed by atoms with van der Waals surface area (Å²) >= 11 is 0. The van der Waals surface area contributed by atoms with Crippen molar-refractivity contribution < 1.29 is 14.3 Å². The largest absolute Gasteiger partial charge is 0.484 e. The molecule has 0 unspecified atom stereocenters. The summed E-state index contributed by atoms with van der Waals surface area (Å²) in [7, 11) is 0. The van der Waals surface area contributed by atoms with E-state index in [1.165, 1.54) is 0 Å². The van der Waals surface area contributed by atoms with Crippen molar-refractivity contribution in [1.82, 2.24) is 15.1 Å². The quantitative estimate of drug-likeness (QED) is 0.784. The number of amides is 2. The van der Waals surface area contributed by atoms with Crippen LogP contribution >= 0.6 is 0 Å². The van der Waals surface area contributed by atoms with Crippen molar-refractivity contribution in [2.24, 2.45) is 5.92 Å². The number of likely N-dealkylation sites (tertiary alicyclic amines) is 1. The van der Waals surface area contributed by atoms with Gasteiger partial charge in [0.05, 0.1) is 0 Å². The first-order valence-electron chi connectivity index (χ1n) is 9.37. The first-order valence-corrected chi connectivity index (χ1v) is 9.37. The van der Waals surface area contributed by atoms with E-state index in [2.05, 4.69) is 29.4 Å². The SMILES string of the molecule is CC(C)Cc1cc(C(=O)Nc2cccc(OCC(=O)N3CCCC3)c2)n[nH]1. The number of carbonyl (C=O) groups is 2. The molecular formula is C20H26N4O3. The minimum atomic E-state index is -0.286. The summed E-state index contributed by atoms with van der Waals surface area (Å²) in [6, 6.07) is 8.79. The minimum absolute atomic E-state index is 0.00357. The number of aromatic amines is 1. The molecule has 1 aromatic heterocycles. The van der Waals surface area contributed by atoms with Gasteiger partial charge in [0.2, 0.25) is 0 Å². The molecule has 0 saturated carbocycles. The third kappa shape index (κ3) is 5.32. The molecule has 7 nitrogen and oxygen atoms in total. The van der Waals surface area contributed by atoms with Gasteiger partial charge in [-0.3, -0.25) is 14.7 Å². The van der Waals surface area contributed by atoms with Crippen LogP contribution in [0.2, 0.25) is 0 Å². The van der Waals surface area contributed by atoms with Crippen LogP contribution in [0.25, 0.3) is 0 Å². The molecule has 2 heterocycles. The molecule has 2 aromatic rings. The number of nitrogens with zero attached hydrogens (tertiary/aromatic N) is 2. The molecule has 0 bridgehead atoms. The van der Waals surface area contributed by atoms with E-state index in [4.69, 9.17) is 4.74 Å². The molecule has 0 radical (unpaired) electrons. The maximum Gasteiger partial charge on any atom is 0.276 e. The number of hydrogen-bond acceptors (Lipinski definition) is 4. The fourth-order valence-corrected chi connectivity index (χ4v) is 3.08. The van der Waals surface area contributed by atoms with E-state index < -0.39 is 0 Å².